The second-order valence-electron chi connectivity index (χ2n) is 15.3. The van der Waals surface area contributed by atoms with E-state index in [0.717, 1.165) is 77.0 Å². The molecular weight excluding hydrogens is 669 g/mol. The summed E-state index contributed by atoms with van der Waals surface area (Å²) in [4.78, 5) is 25.0. The number of hydrogen-bond donors (Lipinski definition) is 0. The molecule has 0 rings (SSSR count). The highest BCUT2D eigenvalue weighted by Gasteiger charge is 2.17. The Bertz CT molecular complexity index is 904. The number of rotatable bonds is 42. The summed E-state index contributed by atoms with van der Waals surface area (Å²) in [6.07, 6.45) is 54.2. The molecule has 0 spiro atoms. The first-order chi connectivity index (χ1) is 26.6. The van der Waals surface area contributed by atoms with Crippen LogP contribution in [0.15, 0.2) is 48.6 Å². The fraction of sp³-hybridized carbons (Fsp3) is 0.796. The Morgan fingerprint density at radius 2 is 0.833 bits per heavy atom. The van der Waals surface area contributed by atoms with Crippen LogP contribution in [0.5, 0.6) is 0 Å². The van der Waals surface area contributed by atoms with Crippen molar-refractivity contribution in [3.05, 3.63) is 48.6 Å². The number of carbonyl (C=O) groups excluding carboxylic acids is 2. The van der Waals surface area contributed by atoms with Gasteiger partial charge in [-0.05, 0) is 77.0 Å². The van der Waals surface area contributed by atoms with E-state index < -0.39 is 6.10 Å². The fourth-order valence-electron chi connectivity index (χ4n) is 6.40. The summed E-state index contributed by atoms with van der Waals surface area (Å²) in [5.74, 6) is -0.421. The normalized spacial score (nSPS) is 12.6. The maximum Gasteiger partial charge on any atom is 0.306 e. The zero-order chi connectivity index (χ0) is 39.3. The molecule has 314 valence electrons. The third-order valence-corrected chi connectivity index (χ3v) is 9.85. The molecule has 1 unspecified atom stereocenters. The van der Waals surface area contributed by atoms with Gasteiger partial charge in [0.2, 0.25) is 0 Å². The van der Waals surface area contributed by atoms with Crippen molar-refractivity contribution < 1.29 is 23.8 Å². The van der Waals surface area contributed by atoms with Crippen LogP contribution in [0.25, 0.3) is 0 Å². The zero-order valence-corrected chi connectivity index (χ0v) is 36.0. The van der Waals surface area contributed by atoms with Crippen molar-refractivity contribution in [1.82, 2.24) is 0 Å². The molecule has 5 nitrogen and oxygen atoms in total. The largest absolute Gasteiger partial charge is 0.462 e. The molecule has 0 fully saturated rings. The Morgan fingerprint density at radius 1 is 0.426 bits per heavy atom. The minimum absolute atomic E-state index is 0.0782. The highest BCUT2D eigenvalue weighted by molar-refractivity contribution is 5.70. The van der Waals surface area contributed by atoms with Crippen LogP contribution in [0.1, 0.15) is 226 Å². The monoisotopic (exact) mass is 757 g/mol. The molecule has 1 atom stereocenters. The molecule has 0 aromatic heterocycles. The molecule has 0 saturated heterocycles. The van der Waals surface area contributed by atoms with Crippen LogP contribution >= 0.6 is 0 Å². The lowest BCUT2D eigenvalue weighted by Gasteiger charge is -2.18. The molecule has 54 heavy (non-hydrogen) atoms. The van der Waals surface area contributed by atoms with Crippen LogP contribution in [-0.2, 0) is 23.8 Å². The summed E-state index contributed by atoms with van der Waals surface area (Å²) in [5.41, 5.74) is 0. The Balaban J connectivity index is 4.06. The molecule has 0 aliphatic rings. The quantitative estimate of drug-likeness (QED) is 0.0353. The van der Waals surface area contributed by atoms with Crippen LogP contribution in [0, 0.1) is 0 Å². The van der Waals surface area contributed by atoms with Crippen molar-refractivity contribution in [2.24, 2.45) is 0 Å². The van der Waals surface area contributed by atoms with Crippen molar-refractivity contribution in [3.8, 4) is 0 Å². The molecule has 0 aliphatic carbocycles. The molecule has 0 aliphatic heterocycles. The maximum absolute atomic E-state index is 12.5. The van der Waals surface area contributed by atoms with Gasteiger partial charge < -0.3 is 14.2 Å². The Kier molecular flexibility index (Phi) is 43.5. The number of hydrogen-bond acceptors (Lipinski definition) is 5. The van der Waals surface area contributed by atoms with Gasteiger partial charge in [0.25, 0.3) is 0 Å². The first-order valence-corrected chi connectivity index (χ1v) is 23.2. The number of unbranched alkanes of at least 4 members (excludes halogenated alkanes) is 23. The van der Waals surface area contributed by atoms with E-state index in [-0.39, 0.29) is 25.2 Å². The van der Waals surface area contributed by atoms with E-state index in [1.54, 1.807) is 0 Å². The van der Waals surface area contributed by atoms with Crippen molar-refractivity contribution in [2.75, 3.05) is 19.8 Å². The molecule has 0 N–H and O–H groups in total. The Labute approximate surface area is 335 Å². The molecule has 0 aromatic rings. The van der Waals surface area contributed by atoms with Gasteiger partial charge in [-0.3, -0.25) is 9.59 Å². The predicted molar refractivity (Wildman–Crippen MR) is 233 cm³/mol. The standard InChI is InChI=1S/C49H88O5/c1-4-7-10-13-15-17-19-21-23-25-26-28-30-32-34-37-39-42-48(50)53-46-47(54-49(51)43-40-36-12-9-6-3)45-52-44-41-38-35-33-31-29-27-24-22-20-18-16-14-11-8-5-2/h7,10,15,17,21-24,47H,4-6,8-9,11-14,16,18-20,25-46H2,1-3H3/b10-7-,17-15-,23-21-,24-22-. The molecule has 0 bridgehead atoms. The summed E-state index contributed by atoms with van der Waals surface area (Å²) in [6.45, 7) is 7.63. The van der Waals surface area contributed by atoms with E-state index in [9.17, 15) is 9.59 Å². The first kappa shape index (κ1) is 51.9. The molecule has 0 heterocycles. The maximum atomic E-state index is 12.5. The highest BCUT2D eigenvalue weighted by Crippen LogP contribution is 2.13. The second-order valence-corrected chi connectivity index (χ2v) is 15.3. The smallest absolute Gasteiger partial charge is 0.306 e. The summed E-state index contributed by atoms with van der Waals surface area (Å²) in [5, 5.41) is 0. The van der Waals surface area contributed by atoms with E-state index in [0.29, 0.717) is 19.4 Å². The summed E-state index contributed by atoms with van der Waals surface area (Å²) in [6, 6.07) is 0. The van der Waals surface area contributed by atoms with Crippen LogP contribution in [0.4, 0.5) is 0 Å². The highest BCUT2D eigenvalue weighted by atomic mass is 16.6. The lowest BCUT2D eigenvalue weighted by molar-refractivity contribution is -0.163. The Morgan fingerprint density at radius 3 is 1.35 bits per heavy atom. The van der Waals surface area contributed by atoms with Gasteiger partial charge in [-0.1, -0.05) is 185 Å². The first-order valence-electron chi connectivity index (χ1n) is 23.2. The van der Waals surface area contributed by atoms with E-state index in [4.69, 9.17) is 14.2 Å². The van der Waals surface area contributed by atoms with Crippen molar-refractivity contribution in [3.63, 3.8) is 0 Å². The van der Waals surface area contributed by atoms with Crippen molar-refractivity contribution >= 4 is 11.9 Å². The lowest BCUT2D eigenvalue weighted by Crippen LogP contribution is -2.30. The second kappa shape index (κ2) is 45.3. The van der Waals surface area contributed by atoms with Gasteiger partial charge in [0.15, 0.2) is 6.10 Å². The van der Waals surface area contributed by atoms with Gasteiger partial charge in [-0.2, -0.15) is 0 Å². The lowest BCUT2D eigenvalue weighted by atomic mass is 10.1. The van der Waals surface area contributed by atoms with Gasteiger partial charge in [-0.15, -0.1) is 0 Å². The minimum atomic E-state index is -0.537. The molecule has 0 amide bonds. The average Bonchev–Trinajstić information content (AvgIpc) is 3.17. The van der Waals surface area contributed by atoms with E-state index in [1.807, 2.05) is 0 Å². The SMILES string of the molecule is CC/C=C\C/C=C\C/C=C\CCCCCCCCCC(=O)OCC(COCCCCCCCC/C=C\CCCCCCCC)OC(=O)CCCCCCC. The van der Waals surface area contributed by atoms with Crippen molar-refractivity contribution in [2.45, 2.75) is 232 Å². The van der Waals surface area contributed by atoms with Gasteiger partial charge in [0, 0.05) is 19.4 Å². The van der Waals surface area contributed by atoms with Gasteiger partial charge in [-0.25, -0.2) is 0 Å². The number of ether oxygens (including phenoxy) is 3. The van der Waals surface area contributed by atoms with Crippen LogP contribution < -0.4 is 0 Å². The van der Waals surface area contributed by atoms with Crippen molar-refractivity contribution in [1.29, 1.82) is 0 Å². The Hall–Kier alpha value is -2.14. The number of esters is 2. The zero-order valence-electron chi connectivity index (χ0n) is 36.0. The topological polar surface area (TPSA) is 61.8 Å². The van der Waals surface area contributed by atoms with Gasteiger partial charge in [0.1, 0.15) is 6.61 Å². The number of carbonyl (C=O) groups is 2. The number of allylic oxidation sites excluding steroid dienone is 8. The molecule has 0 radical (unpaired) electrons. The molecular formula is C49H88O5. The van der Waals surface area contributed by atoms with E-state index in [1.165, 1.54) is 116 Å². The summed E-state index contributed by atoms with van der Waals surface area (Å²) >= 11 is 0. The van der Waals surface area contributed by atoms with E-state index >= 15 is 0 Å². The third kappa shape index (κ3) is 42.6. The van der Waals surface area contributed by atoms with E-state index in [2.05, 4.69) is 69.4 Å². The predicted octanol–water partition coefficient (Wildman–Crippen LogP) is 15.2. The molecule has 5 heteroatoms. The van der Waals surface area contributed by atoms with Gasteiger partial charge in [0.05, 0.1) is 6.61 Å². The summed E-state index contributed by atoms with van der Waals surface area (Å²) < 4.78 is 17.2. The third-order valence-electron chi connectivity index (χ3n) is 9.85. The summed E-state index contributed by atoms with van der Waals surface area (Å²) in [7, 11) is 0. The minimum Gasteiger partial charge on any atom is -0.462 e. The fourth-order valence-corrected chi connectivity index (χ4v) is 6.40. The molecule has 0 aromatic carbocycles. The molecule has 0 saturated carbocycles. The van der Waals surface area contributed by atoms with Crippen LogP contribution in [0.2, 0.25) is 0 Å². The average molecular weight is 757 g/mol. The van der Waals surface area contributed by atoms with Crippen LogP contribution in [0.3, 0.4) is 0 Å². The van der Waals surface area contributed by atoms with Gasteiger partial charge >= 0.3 is 11.9 Å². The van der Waals surface area contributed by atoms with Crippen LogP contribution in [-0.4, -0.2) is 37.9 Å².